The quantitative estimate of drug-likeness (QED) is 0.753. The van der Waals surface area contributed by atoms with E-state index in [4.69, 9.17) is 9.72 Å². The van der Waals surface area contributed by atoms with Crippen LogP contribution < -0.4 is 0 Å². The number of carbonyl (C=O) groups excluding carboxylic acids is 1. The highest BCUT2D eigenvalue weighted by atomic mass is 32.1. The maximum atomic E-state index is 13.4. The van der Waals surface area contributed by atoms with E-state index in [1.54, 1.807) is 11.3 Å². The number of ether oxygens (including phenoxy) is 1. The minimum atomic E-state index is 0.166. The van der Waals surface area contributed by atoms with Gasteiger partial charge in [-0.2, -0.15) is 0 Å². The monoisotopic (exact) mass is 412 g/mol. The normalized spacial score (nSPS) is 20.9. The number of nitrogens with zero attached hydrogens (tertiary/aromatic N) is 4. The van der Waals surface area contributed by atoms with Crippen molar-refractivity contribution in [3.8, 4) is 10.6 Å². The number of aryl methyl sites for hydroxylation is 2. The van der Waals surface area contributed by atoms with Crippen LogP contribution in [0.3, 0.4) is 0 Å². The van der Waals surface area contributed by atoms with Gasteiger partial charge in [0.25, 0.3) is 5.91 Å². The van der Waals surface area contributed by atoms with Gasteiger partial charge in [-0.25, -0.2) is 9.97 Å². The van der Waals surface area contributed by atoms with Crippen LogP contribution in [0.4, 0.5) is 0 Å². The van der Waals surface area contributed by atoms with E-state index < -0.39 is 0 Å². The average Bonchev–Trinajstić information content (AvgIpc) is 3.42. The molecule has 2 fully saturated rings. The molecule has 0 radical (unpaired) electrons. The summed E-state index contributed by atoms with van der Waals surface area (Å²) < 4.78 is 5.50. The second-order valence-corrected chi connectivity index (χ2v) is 9.74. The Bertz CT molecular complexity index is 947. The molecule has 0 spiro atoms. The number of pyridine rings is 1. The fraction of sp³-hybridized carbons (Fsp3) is 0.591. The molecule has 1 saturated heterocycles. The molecule has 0 bridgehead atoms. The Labute approximate surface area is 175 Å². The van der Waals surface area contributed by atoms with Crippen LogP contribution in [0, 0.1) is 19.8 Å². The van der Waals surface area contributed by atoms with Gasteiger partial charge in [0.15, 0.2) is 0 Å². The summed E-state index contributed by atoms with van der Waals surface area (Å²) in [5, 5.41) is 1.05. The molecule has 1 atom stereocenters. The lowest BCUT2D eigenvalue weighted by Gasteiger charge is -2.27. The number of amides is 1. The van der Waals surface area contributed by atoms with Crippen molar-refractivity contribution in [3.63, 3.8) is 0 Å². The van der Waals surface area contributed by atoms with Gasteiger partial charge in [0.2, 0.25) is 0 Å². The highest BCUT2D eigenvalue weighted by molar-refractivity contribution is 7.15. The van der Waals surface area contributed by atoms with Crippen molar-refractivity contribution in [2.75, 3.05) is 26.3 Å². The van der Waals surface area contributed by atoms with E-state index in [-0.39, 0.29) is 5.91 Å². The van der Waals surface area contributed by atoms with E-state index in [9.17, 15) is 4.79 Å². The molecule has 2 aliphatic heterocycles. The summed E-state index contributed by atoms with van der Waals surface area (Å²) in [4.78, 5) is 28.5. The summed E-state index contributed by atoms with van der Waals surface area (Å²) in [6, 6.07) is 2.44. The van der Waals surface area contributed by atoms with Gasteiger partial charge < -0.3 is 9.64 Å². The molecule has 1 saturated carbocycles. The Hall–Kier alpha value is -1.83. The number of carbonyl (C=O) groups is 1. The molecular weight excluding hydrogens is 384 g/mol. The Morgan fingerprint density at radius 3 is 2.66 bits per heavy atom. The van der Waals surface area contributed by atoms with Gasteiger partial charge in [0.05, 0.1) is 45.7 Å². The van der Waals surface area contributed by atoms with Crippen LogP contribution >= 0.6 is 11.3 Å². The average molecular weight is 413 g/mol. The van der Waals surface area contributed by atoms with Gasteiger partial charge in [0, 0.05) is 32.2 Å². The standard InChI is InChI=1S/C22H28N4O2S/c1-13-21(29-15(3)23-13)18-10-17-11-26(14(2)16-4-5-16)22(27)20(17)19(24-18)12-25-6-8-28-9-7-25/h10,14,16H,4-9,11-12H2,1-3H3/t14-/m0/s1. The van der Waals surface area contributed by atoms with Crippen molar-refractivity contribution in [2.45, 2.75) is 52.7 Å². The van der Waals surface area contributed by atoms with Crippen LogP contribution in [0.5, 0.6) is 0 Å². The SMILES string of the molecule is Cc1nc(C)c(-c2cc3c(c(CN4CCOCC4)n2)C(=O)N([C@@H](C)C2CC2)C3)s1. The van der Waals surface area contributed by atoms with E-state index >= 15 is 0 Å². The molecule has 6 nitrogen and oxygen atoms in total. The summed E-state index contributed by atoms with van der Waals surface area (Å²) >= 11 is 1.68. The topological polar surface area (TPSA) is 58.6 Å². The number of fused-ring (bicyclic) bond motifs is 1. The number of hydrogen-bond donors (Lipinski definition) is 0. The van der Waals surface area contributed by atoms with Gasteiger partial charge >= 0.3 is 0 Å². The van der Waals surface area contributed by atoms with Crippen LogP contribution in [0.15, 0.2) is 6.07 Å². The number of morpholine rings is 1. The first-order valence-electron chi connectivity index (χ1n) is 10.6. The molecule has 2 aromatic rings. The number of aromatic nitrogens is 2. The van der Waals surface area contributed by atoms with Gasteiger partial charge in [0.1, 0.15) is 0 Å². The molecule has 2 aromatic heterocycles. The predicted octanol–water partition coefficient (Wildman–Crippen LogP) is 3.41. The molecule has 0 aromatic carbocycles. The Morgan fingerprint density at radius 1 is 1.24 bits per heavy atom. The largest absolute Gasteiger partial charge is 0.379 e. The highest BCUT2D eigenvalue weighted by Gasteiger charge is 2.40. The Morgan fingerprint density at radius 2 is 2.00 bits per heavy atom. The minimum Gasteiger partial charge on any atom is -0.379 e. The van der Waals surface area contributed by atoms with E-state index in [0.29, 0.717) is 25.0 Å². The molecule has 0 N–H and O–H groups in total. The number of rotatable bonds is 5. The first-order chi connectivity index (χ1) is 14.0. The summed E-state index contributed by atoms with van der Waals surface area (Å²) in [7, 11) is 0. The Balaban J connectivity index is 1.55. The lowest BCUT2D eigenvalue weighted by molar-refractivity contribution is 0.0335. The van der Waals surface area contributed by atoms with E-state index in [1.165, 1.54) is 12.8 Å². The van der Waals surface area contributed by atoms with E-state index in [2.05, 4.69) is 27.8 Å². The fourth-order valence-electron chi connectivity index (χ4n) is 4.57. The summed E-state index contributed by atoms with van der Waals surface area (Å²) in [5.41, 5.74) is 4.86. The molecule has 4 heterocycles. The molecular formula is C22H28N4O2S. The maximum Gasteiger partial charge on any atom is 0.256 e. The summed E-state index contributed by atoms with van der Waals surface area (Å²) in [6.45, 7) is 10.9. The lowest BCUT2D eigenvalue weighted by Crippen LogP contribution is -2.37. The van der Waals surface area contributed by atoms with Crippen molar-refractivity contribution < 1.29 is 9.53 Å². The molecule has 7 heteroatoms. The van der Waals surface area contributed by atoms with Gasteiger partial charge in [-0.15, -0.1) is 11.3 Å². The van der Waals surface area contributed by atoms with Gasteiger partial charge in [-0.3, -0.25) is 9.69 Å². The van der Waals surface area contributed by atoms with Crippen LogP contribution in [0.25, 0.3) is 10.6 Å². The minimum absolute atomic E-state index is 0.166. The first kappa shape index (κ1) is 19.2. The van der Waals surface area contributed by atoms with Crippen LogP contribution in [0.2, 0.25) is 0 Å². The second-order valence-electron chi connectivity index (χ2n) is 8.54. The van der Waals surface area contributed by atoms with Crippen molar-refractivity contribution in [2.24, 2.45) is 5.92 Å². The van der Waals surface area contributed by atoms with Gasteiger partial charge in [-0.1, -0.05) is 0 Å². The smallest absolute Gasteiger partial charge is 0.256 e. The van der Waals surface area contributed by atoms with Crippen molar-refractivity contribution in [1.29, 1.82) is 0 Å². The molecule has 29 heavy (non-hydrogen) atoms. The third-order valence-corrected chi connectivity index (χ3v) is 7.50. The molecule has 154 valence electrons. The van der Waals surface area contributed by atoms with E-state index in [1.807, 2.05) is 13.8 Å². The zero-order valence-corrected chi connectivity index (χ0v) is 18.2. The first-order valence-corrected chi connectivity index (χ1v) is 11.4. The summed E-state index contributed by atoms with van der Waals surface area (Å²) in [6.07, 6.45) is 2.48. The predicted molar refractivity (Wildman–Crippen MR) is 113 cm³/mol. The third kappa shape index (κ3) is 3.60. The molecule has 0 unspecified atom stereocenters. The lowest BCUT2D eigenvalue weighted by atomic mass is 10.1. The third-order valence-electron chi connectivity index (χ3n) is 6.40. The maximum absolute atomic E-state index is 13.4. The molecule has 5 rings (SSSR count). The fourth-order valence-corrected chi connectivity index (χ4v) is 5.45. The van der Waals surface area contributed by atoms with Crippen molar-refractivity contribution in [1.82, 2.24) is 19.8 Å². The summed E-state index contributed by atoms with van der Waals surface area (Å²) in [5.74, 6) is 0.827. The zero-order chi connectivity index (χ0) is 20.1. The van der Waals surface area contributed by atoms with Crippen molar-refractivity contribution >= 4 is 17.2 Å². The van der Waals surface area contributed by atoms with E-state index in [0.717, 1.165) is 64.4 Å². The molecule has 1 aliphatic carbocycles. The van der Waals surface area contributed by atoms with Gasteiger partial charge in [-0.05, 0) is 51.2 Å². The van der Waals surface area contributed by atoms with Crippen LogP contribution in [0.1, 0.15) is 52.1 Å². The molecule has 1 amide bonds. The van der Waals surface area contributed by atoms with Crippen LogP contribution in [-0.2, 0) is 17.8 Å². The zero-order valence-electron chi connectivity index (χ0n) is 17.4. The van der Waals surface area contributed by atoms with Crippen molar-refractivity contribution in [3.05, 3.63) is 33.6 Å². The Kier molecular flexibility index (Phi) is 4.92. The number of hydrogen-bond acceptors (Lipinski definition) is 6. The number of thiazole rings is 1. The highest BCUT2D eigenvalue weighted by Crippen LogP contribution is 2.40. The van der Waals surface area contributed by atoms with Crippen LogP contribution in [-0.4, -0.2) is 58.0 Å². The molecule has 3 aliphatic rings. The second kappa shape index (κ2) is 7.45.